The van der Waals surface area contributed by atoms with Gasteiger partial charge in [0.2, 0.25) is 0 Å². The molecule has 2 aliphatic heterocycles. The number of aliphatic hydroxyl groups is 2. The van der Waals surface area contributed by atoms with Crippen molar-refractivity contribution in [3.63, 3.8) is 0 Å². The third kappa shape index (κ3) is 4.32. The van der Waals surface area contributed by atoms with Crippen LogP contribution in [0.1, 0.15) is 29.6 Å². The molecule has 6 nitrogen and oxygen atoms in total. The minimum atomic E-state index is -1.04. The second-order valence-electron chi connectivity index (χ2n) is 7.37. The Morgan fingerprint density at radius 2 is 1.72 bits per heavy atom. The van der Waals surface area contributed by atoms with Gasteiger partial charge in [-0.3, -0.25) is 4.79 Å². The maximum atomic E-state index is 12.7. The van der Waals surface area contributed by atoms with Crippen molar-refractivity contribution >= 4 is 11.6 Å². The Morgan fingerprint density at radius 1 is 1.04 bits per heavy atom. The average molecular weight is 347 g/mol. The minimum Gasteiger partial charge on any atom is -0.393 e. The first-order valence-electron chi connectivity index (χ1n) is 9.17. The number of likely N-dealkylation sites (N-methyl/N-ethyl adjacent to an activating group) is 1. The highest BCUT2D eigenvalue weighted by Crippen LogP contribution is 2.23. The third-order valence-electron chi connectivity index (χ3n) is 5.48. The summed E-state index contributed by atoms with van der Waals surface area (Å²) in [6.45, 7) is 5.00. The fourth-order valence-electron chi connectivity index (χ4n) is 3.60. The highest BCUT2D eigenvalue weighted by atomic mass is 16.3. The smallest absolute Gasteiger partial charge is 0.253 e. The second kappa shape index (κ2) is 7.72. The Hall–Kier alpha value is -1.63. The maximum Gasteiger partial charge on any atom is 0.253 e. The molecule has 0 saturated carbocycles. The first kappa shape index (κ1) is 18.2. The number of carbonyl (C=O) groups is 1. The predicted molar refractivity (Wildman–Crippen MR) is 97.9 cm³/mol. The van der Waals surface area contributed by atoms with E-state index in [1.54, 1.807) is 4.90 Å². The Labute approximate surface area is 149 Å². The van der Waals surface area contributed by atoms with Gasteiger partial charge >= 0.3 is 0 Å². The summed E-state index contributed by atoms with van der Waals surface area (Å²) in [4.78, 5) is 19.2. The maximum absolute atomic E-state index is 12.7. The zero-order chi connectivity index (χ0) is 17.9. The van der Waals surface area contributed by atoms with Crippen molar-refractivity contribution in [3.8, 4) is 0 Å². The Morgan fingerprint density at radius 3 is 2.36 bits per heavy atom. The lowest BCUT2D eigenvalue weighted by Crippen LogP contribution is -2.44. The normalized spacial score (nSPS) is 25.7. The molecule has 25 heavy (non-hydrogen) atoms. The zero-order valence-corrected chi connectivity index (χ0v) is 15.0. The number of anilines is 1. The molecule has 0 radical (unpaired) electrons. The van der Waals surface area contributed by atoms with Crippen LogP contribution >= 0.6 is 0 Å². The van der Waals surface area contributed by atoms with Crippen LogP contribution in [0.2, 0.25) is 0 Å². The van der Waals surface area contributed by atoms with Crippen LogP contribution < -0.4 is 4.90 Å². The SMILES string of the molecule is CN1CCN(c2ccc(C(=O)N3CCC[C@@](O)(CO)CC3)cc2)CC1. The molecule has 2 N–H and O–H groups in total. The van der Waals surface area contributed by atoms with Gasteiger partial charge in [-0.15, -0.1) is 0 Å². The van der Waals surface area contributed by atoms with E-state index in [1.807, 2.05) is 24.3 Å². The van der Waals surface area contributed by atoms with Crippen LogP contribution in [0.3, 0.4) is 0 Å². The number of carbonyl (C=O) groups excluding carboxylic acids is 1. The Kier molecular flexibility index (Phi) is 5.61. The monoisotopic (exact) mass is 347 g/mol. The molecule has 1 amide bonds. The fourth-order valence-corrected chi connectivity index (χ4v) is 3.60. The molecule has 0 bridgehead atoms. The largest absolute Gasteiger partial charge is 0.393 e. The minimum absolute atomic E-state index is 0.00659. The van der Waals surface area contributed by atoms with E-state index >= 15 is 0 Å². The summed E-state index contributed by atoms with van der Waals surface area (Å²) in [5, 5.41) is 19.6. The Balaban J connectivity index is 1.62. The summed E-state index contributed by atoms with van der Waals surface area (Å²) in [5.74, 6) is 0.00659. The van der Waals surface area contributed by atoms with E-state index in [0.29, 0.717) is 37.9 Å². The zero-order valence-electron chi connectivity index (χ0n) is 15.0. The van der Waals surface area contributed by atoms with Crippen LogP contribution in [0, 0.1) is 0 Å². The summed E-state index contributed by atoms with van der Waals surface area (Å²) in [6.07, 6.45) is 1.67. The predicted octanol–water partition coefficient (Wildman–Crippen LogP) is 0.788. The van der Waals surface area contributed by atoms with E-state index in [2.05, 4.69) is 16.8 Å². The summed E-state index contributed by atoms with van der Waals surface area (Å²) in [7, 11) is 2.14. The molecule has 2 aliphatic rings. The highest BCUT2D eigenvalue weighted by Gasteiger charge is 2.31. The summed E-state index contributed by atoms with van der Waals surface area (Å²) >= 11 is 0. The van der Waals surface area contributed by atoms with Gasteiger partial charge in [0.1, 0.15) is 0 Å². The van der Waals surface area contributed by atoms with Crippen LogP contribution in [0.5, 0.6) is 0 Å². The molecule has 0 spiro atoms. The van der Waals surface area contributed by atoms with Crippen LogP contribution in [0.15, 0.2) is 24.3 Å². The van der Waals surface area contributed by atoms with Gasteiger partial charge in [0.15, 0.2) is 0 Å². The van der Waals surface area contributed by atoms with E-state index in [-0.39, 0.29) is 12.5 Å². The average Bonchev–Trinajstić information content (AvgIpc) is 2.84. The van der Waals surface area contributed by atoms with Crippen molar-refractivity contribution in [3.05, 3.63) is 29.8 Å². The molecule has 138 valence electrons. The van der Waals surface area contributed by atoms with E-state index in [1.165, 1.54) is 0 Å². The molecule has 1 aromatic carbocycles. The van der Waals surface area contributed by atoms with E-state index in [0.717, 1.165) is 31.9 Å². The lowest BCUT2D eigenvalue weighted by molar-refractivity contribution is -0.0250. The van der Waals surface area contributed by atoms with Gasteiger partial charge in [-0.2, -0.15) is 0 Å². The van der Waals surface area contributed by atoms with Crippen LogP contribution in [0.4, 0.5) is 5.69 Å². The molecule has 0 aromatic heterocycles. The molecule has 6 heteroatoms. The van der Waals surface area contributed by atoms with E-state index < -0.39 is 5.60 Å². The number of likely N-dealkylation sites (tertiary alicyclic amines) is 1. The Bertz CT molecular complexity index is 584. The van der Waals surface area contributed by atoms with Gasteiger partial charge < -0.3 is 24.9 Å². The molecule has 1 atom stereocenters. The van der Waals surface area contributed by atoms with Gasteiger partial charge in [0.25, 0.3) is 5.91 Å². The number of amides is 1. The molecule has 2 fully saturated rings. The highest BCUT2D eigenvalue weighted by molar-refractivity contribution is 5.94. The number of nitrogens with zero attached hydrogens (tertiary/aromatic N) is 3. The first-order chi connectivity index (χ1) is 12.0. The molecule has 2 heterocycles. The van der Waals surface area contributed by atoms with Gasteiger partial charge in [-0.1, -0.05) is 0 Å². The third-order valence-corrected chi connectivity index (χ3v) is 5.48. The number of hydrogen-bond donors (Lipinski definition) is 2. The number of aliphatic hydroxyl groups excluding tert-OH is 1. The second-order valence-corrected chi connectivity index (χ2v) is 7.37. The van der Waals surface area contributed by atoms with Gasteiger partial charge in [0, 0.05) is 50.5 Å². The topological polar surface area (TPSA) is 67.2 Å². The van der Waals surface area contributed by atoms with Gasteiger partial charge in [-0.25, -0.2) is 0 Å². The molecule has 2 saturated heterocycles. The fraction of sp³-hybridized carbons (Fsp3) is 0.632. The molecular weight excluding hydrogens is 318 g/mol. The van der Waals surface area contributed by atoms with Crippen molar-refractivity contribution in [2.24, 2.45) is 0 Å². The quantitative estimate of drug-likeness (QED) is 0.846. The number of hydrogen-bond acceptors (Lipinski definition) is 5. The van der Waals surface area contributed by atoms with Crippen molar-refractivity contribution in [2.75, 3.05) is 57.8 Å². The summed E-state index contributed by atoms with van der Waals surface area (Å²) in [5.41, 5.74) is 0.808. The van der Waals surface area contributed by atoms with Crippen molar-refractivity contribution in [1.82, 2.24) is 9.80 Å². The van der Waals surface area contributed by atoms with Crippen molar-refractivity contribution < 1.29 is 15.0 Å². The van der Waals surface area contributed by atoms with E-state index in [9.17, 15) is 15.0 Å². The van der Waals surface area contributed by atoms with E-state index in [4.69, 9.17) is 0 Å². The lowest BCUT2D eigenvalue weighted by Gasteiger charge is -2.34. The van der Waals surface area contributed by atoms with Crippen molar-refractivity contribution in [2.45, 2.75) is 24.9 Å². The number of rotatable bonds is 3. The molecule has 1 aromatic rings. The van der Waals surface area contributed by atoms with Crippen LogP contribution in [-0.4, -0.2) is 84.4 Å². The molecule has 0 unspecified atom stereocenters. The van der Waals surface area contributed by atoms with Gasteiger partial charge in [0.05, 0.1) is 12.2 Å². The lowest BCUT2D eigenvalue weighted by atomic mass is 9.96. The number of piperazine rings is 1. The molecule has 3 rings (SSSR count). The van der Waals surface area contributed by atoms with Crippen LogP contribution in [0.25, 0.3) is 0 Å². The molecular formula is C19H29N3O3. The van der Waals surface area contributed by atoms with Gasteiger partial charge in [-0.05, 0) is 50.6 Å². The standard InChI is InChI=1S/C19H29N3O3/c1-20-11-13-21(14-12-20)17-5-3-16(4-6-17)18(24)22-9-2-7-19(25,15-23)8-10-22/h3-6,23,25H,2,7-15H2,1H3/t19-/m0/s1. The van der Waals surface area contributed by atoms with Crippen molar-refractivity contribution in [1.29, 1.82) is 0 Å². The first-order valence-corrected chi connectivity index (χ1v) is 9.17. The van der Waals surface area contributed by atoms with Crippen LogP contribution in [-0.2, 0) is 0 Å². The number of benzene rings is 1. The summed E-state index contributed by atoms with van der Waals surface area (Å²) < 4.78 is 0. The molecule has 0 aliphatic carbocycles. The summed E-state index contributed by atoms with van der Waals surface area (Å²) in [6, 6.07) is 7.86.